The molecular weight excluding hydrogens is 318 g/mol. The van der Waals surface area contributed by atoms with Crippen molar-refractivity contribution < 1.29 is 13.9 Å². The molecule has 3 aliphatic rings. The van der Waals surface area contributed by atoms with Crippen molar-refractivity contribution >= 4 is 5.91 Å². The van der Waals surface area contributed by atoms with E-state index in [4.69, 9.17) is 9.15 Å². The average Bonchev–Trinajstić information content (AvgIpc) is 3.13. The fourth-order valence-electron chi connectivity index (χ4n) is 3.96. The van der Waals surface area contributed by atoms with E-state index in [0.29, 0.717) is 17.7 Å². The summed E-state index contributed by atoms with van der Waals surface area (Å²) in [7, 11) is 1.63. The Kier molecular flexibility index (Phi) is 4.21. The van der Waals surface area contributed by atoms with Gasteiger partial charge in [0, 0.05) is 24.2 Å². The van der Waals surface area contributed by atoms with Crippen LogP contribution < -0.4 is 10.1 Å². The first-order valence-electron chi connectivity index (χ1n) is 8.79. The minimum Gasteiger partial charge on any atom is -0.497 e. The summed E-state index contributed by atoms with van der Waals surface area (Å²) in [5.41, 5.74) is 0.865. The second kappa shape index (κ2) is 6.52. The molecule has 3 aliphatic heterocycles. The lowest BCUT2D eigenvalue weighted by atomic mass is 9.80. The Hall–Kier alpha value is -2.34. The molecule has 2 aromatic rings. The van der Waals surface area contributed by atoms with E-state index in [1.165, 1.54) is 0 Å². The Morgan fingerprint density at radius 1 is 1.36 bits per heavy atom. The van der Waals surface area contributed by atoms with Crippen molar-refractivity contribution in [2.24, 2.45) is 5.92 Å². The Labute approximate surface area is 147 Å². The van der Waals surface area contributed by atoms with Crippen LogP contribution in [0.5, 0.6) is 5.75 Å². The molecule has 5 rings (SSSR count). The van der Waals surface area contributed by atoms with Gasteiger partial charge in [0.1, 0.15) is 5.75 Å². The highest BCUT2D eigenvalue weighted by atomic mass is 16.5. The molecule has 0 radical (unpaired) electrons. The predicted molar refractivity (Wildman–Crippen MR) is 93.5 cm³/mol. The number of benzene rings is 1. The first-order chi connectivity index (χ1) is 12.1. The number of aromatic nitrogens is 1. The Morgan fingerprint density at radius 2 is 2.16 bits per heavy atom. The molecule has 4 heterocycles. The summed E-state index contributed by atoms with van der Waals surface area (Å²) >= 11 is 0. The third-order valence-electron chi connectivity index (χ3n) is 5.45. The summed E-state index contributed by atoms with van der Waals surface area (Å²) in [6.45, 7) is 4.32. The summed E-state index contributed by atoms with van der Waals surface area (Å²) in [6.07, 6.45) is 3.89. The number of piperidine rings is 3. The number of methoxy groups -OCH3 is 1. The molecule has 132 valence electrons. The van der Waals surface area contributed by atoms with E-state index >= 15 is 0 Å². The highest BCUT2D eigenvalue weighted by molar-refractivity contribution is 5.90. The van der Waals surface area contributed by atoms with Gasteiger partial charge in [0.2, 0.25) is 0 Å². The molecule has 6 nitrogen and oxygen atoms in total. The third kappa shape index (κ3) is 3.14. The Balaban J connectivity index is 1.44. The maximum atomic E-state index is 12.5. The molecule has 4 atom stereocenters. The van der Waals surface area contributed by atoms with E-state index in [1.54, 1.807) is 13.3 Å². The molecule has 1 aromatic carbocycles. The van der Waals surface area contributed by atoms with Crippen molar-refractivity contribution in [3.63, 3.8) is 0 Å². The lowest BCUT2D eigenvalue weighted by molar-refractivity contribution is 0.0267. The predicted octanol–water partition coefficient (Wildman–Crippen LogP) is 2.56. The SMILES string of the molecule is COc1ccc(-c2cnc(C(=O)N[C@H]3CN4CCC3CC4C)o2)cc1. The highest BCUT2D eigenvalue weighted by Crippen LogP contribution is 2.32. The normalized spacial score (nSPS) is 27.9. The number of rotatable bonds is 4. The van der Waals surface area contributed by atoms with Crippen molar-refractivity contribution in [1.29, 1.82) is 0 Å². The summed E-state index contributed by atoms with van der Waals surface area (Å²) < 4.78 is 10.8. The molecule has 3 fully saturated rings. The molecule has 6 heteroatoms. The van der Waals surface area contributed by atoms with Crippen molar-refractivity contribution in [3.05, 3.63) is 36.4 Å². The van der Waals surface area contributed by atoms with Gasteiger partial charge < -0.3 is 14.5 Å². The second-order valence-corrected chi connectivity index (χ2v) is 6.97. The quantitative estimate of drug-likeness (QED) is 0.926. The summed E-state index contributed by atoms with van der Waals surface area (Å²) in [5.74, 6) is 1.80. The van der Waals surface area contributed by atoms with Crippen LogP contribution in [0.1, 0.15) is 30.5 Å². The van der Waals surface area contributed by atoms with Crippen LogP contribution in [0, 0.1) is 5.92 Å². The summed E-state index contributed by atoms with van der Waals surface area (Å²) in [6, 6.07) is 8.29. The molecule has 0 spiro atoms. The van der Waals surface area contributed by atoms with Gasteiger partial charge >= 0.3 is 5.91 Å². The maximum absolute atomic E-state index is 12.5. The fourth-order valence-corrected chi connectivity index (χ4v) is 3.96. The van der Waals surface area contributed by atoms with Crippen LogP contribution in [0.2, 0.25) is 0 Å². The molecule has 1 amide bonds. The number of hydrogen-bond acceptors (Lipinski definition) is 5. The van der Waals surface area contributed by atoms with E-state index < -0.39 is 0 Å². The molecule has 1 N–H and O–H groups in total. The third-order valence-corrected chi connectivity index (χ3v) is 5.45. The van der Waals surface area contributed by atoms with Gasteiger partial charge in [0.25, 0.3) is 5.89 Å². The molecule has 3 unspecified atom stereocenters. The molecule has 3 saturated heterocycles. The van der Waals surface area contributed by atoms with Crippen LogP contribution in [0.4, 0.5) is 0 Å². The minimum absolute atomic E-state index is 0.121. The highest BCUT2D eigenvalue weighted by Gasteiger charge is 2.39. The largest absolute Gasteiger partial charge is 0.497 e. The smallest absolute Gasteiger partial charge is 0.307 e. The van der Waals surface area contributed by atoms with Gasteiger partial charge in [0.15, 0.2) is 5.76 Å². The van der Waals surface area contributed by atoms with Crippen molar-refractivity contribution in [1.82, 2.24) is 15.2 Å². The number of nitrogens with one attached hydrogen (secondary N) is 1. The first kappa shape index (κ1) is 16.1. The Morgan fingerprint density at radius 3 is 2.80 bits per heavy atom. The van der Waals surface area contributed by atoms with Gasteiger partial charge in [-0.15, -0.1) is 0 Å². The molecule has 0 saturated carbocycles. The molecule has 1 aromatic heterocycles. The van der Waals surface area contributed by atoms with Crippen molar-refractivity contribution in [3.8, 4) is 17.1 Å². The minimum atomic E-state index is -0.230. The zero-order valence-electron chi connectivity index (χ0n) is 14.6. The Bertz CT molecular complexity index is 756. The second-order valence-electron chi connectivity index (χ2n) is 6.97. The number of hydrogen-bond donors (Lipinski definition) is 1. The van der Waals surface area contributed by atoms with Gasteiger partial charge in [-0.25, -0.2) is 4.98 Å². The number of amides is 1. The van der Waals surface area contributed by atoms with Crippen LogP contribution >= 0.6 is 0 Å². The fraction of sp³-hybridized carbons (Fsp3) is 0.474. The van der Waals surface area contributed by atoms with Gasteiger partial charge in [-0.05, 0) is 56.5 Å². The lowest BCUT2D eigenvalue weighted by Crippen LogP contribution is -2.60. The van der Waals surface area contributed by atoms with E-state index in [-0.39, 0.29) is 17.8 Å². The standard InChI is InChI=1S/C19H23N3O3/c1-12-9-14-7-8-22(12)11-16(14)21-18(23)19-20-10-17(25-19)13-3-5-15(24-2)6-4-13/h3-6,10,12,14,16H,7-9,11H2,1-2H3,(H,21,23)/t12?,14?,16-/m0/s1. The van der Waals surface area contributed by atoms with Crippen LogP contribution in [0.25, 0.3) is 11.3 Å². The van der Waals surface area contributed by atoms with E-state index in [1.807, 2.05) is 24.3 Å². The number of carbonyl (C=O) groups excluding carboxylic acids is 1. The average molecular weight is 341 g/mol. The number of oxazole rings is 1. The van der Waals surface area contributed by atoms with E-state index in [9.17, 15) is 4.79 Å². The van der Waals surface area contributed by atoms with E-state index in [0.717, 1.165) is 37.2 Å². The molecular formula is C19H23N3O3. The van der Waals surface area contributed by atoms with Crippen molar-refractivity contribution in [2.45, 2.75) is 31.8 Å². The van der Waals surface area contributed by atoms with Crippen LogP contribution in [0.3, 0.4) is 0 Å². The van der Waals surface area contributed by atoms with Crippen LogP contribution in [-0.2, 0) is 0 Å². The van der Waals surface area contributed by atoms with Gasteiger partial charge in [-0.2, -0.15) is 0 Å². The monoisotopic (exact) mass is 341 g/mol. The summed E-state index contributed by atoms with van der Waals surface area (Å²) in [4.78, 5) is 19.1. The van der Waals surface area contributed by atoms with E-state index in [2.05, 4.69) is 22.1 Å². The molecule has 0 aliphatic carbocycles. The number of carbonyl (C=O) groups is 1. The number of fused-ring (bicyclic) bond motifs is 3. The first-order valence-corrected chi connectivity index (χ1v) is 8.79. The van der Waals surface area contributed by atoms with Crippen LogP contribution in [0.15, 0.2) is 34.9 Å². The number of nitrogens with zero attached hydrogens (tertiary/aromatic N) is 2. The van der Waals surface area contributed by atoms with Crippen LogP contribution in [-0.4, -0.2) is 48.1 Å². The molecule has 2 bridgehead atoms. The van der Waals surface area contributed by atoms with Crippen molar-refractivity contribution in [2.75, 3.05) is 20.2 Å². The summed E-state index contributed by atoms with van der Waals surface area (Å²) in [5, 5.41) is 3.11. The van der Waals surface area contributed by atoms with Gasteiger partial charge in [0.05, 0.1) is 13.3 Å². The molecule has 25 heavy (non-hydrogen) atoms. The zero-order valence-corrected chi connectivity index (χ0v) is 14.6. The lowest BCUT2D eigenvalue weighted by Gasteiger charge is -2.48. The van der Waals surface area contributed by atoms with Gasteiger partial charge in [-0.3, -0.25) is 9.69 Å². The maximum Gasteiger partial charge on any atom is 0.307 e. The topological polar surface area (TPSA) is 67.6 Å². The number of ether oxygens (including phenoxy) is 1. The zero-order chi connectivity index (χ0) is 17.4. The van der Waals surface area contributed by atoms with Gasteiger partial charge in [-0.1, -0.05) is 0 Å².